The second-order valence-electron chi connectivity index (χ2n) is 4.24. The smallest absolute Gasteiger partial charge is 0.339 e. The van der Waals surface area contributed by atoms with E-state index in [1.165, 1.54) is 7.11 Å². The standard InChI is InChI=1S/C14H15BrO5/c1-4-19-14(17)12(16)8-6-10(18-3)13-9(11(8)15)5-7(2)20-13/h5-6,12,16H,4H2,1-3H3. The van der Waals surface area contributed by atoms with Gasteiger partial charge in [-0.2, -0.15) is 0 Å². The summed E-state index contributed by atoms with van der Waals surface area (Å²) < 4.78 is 16.2. The van der Waals surface area contributed by atoms with Crippen LogP contribution in [-0.2, 0) is 9.53 Å². The van der Waals surface area contributed by atoms with Crippen LogP contribution in [0.3, 0.4) is 0 Å². The van der Waals surface area contributed by atoms with Crippen molar-refractivity contribution >= 4 is 32.9 Å². The zero-order valence-corrected chi connectivity index (χ0v) is 13.0. The molecule has 1 heterocycles. The molecule has 1 aromatic heterocycles. The maximum atomic E-state index is 11.7. The van der Waals surface area contributed by atoms with Crippen molar-refractivity contribution in [1.82, 2.24) is 0 Å². The van der Waals surface area contributed by atoms with Crippen molar-refractivity contribution in [2.45, 2.75) is 20.0 Å². The van der Waals surface area contributed by atoms with Crippen LogP contribution in [0, 0.1) is 6.92 Å². The fourth-order valence-electron chi connectivity index (χ4n) is 1.98. The normalized spacial score (nSPS) is 12.4. The summed E-state index contributed by atoms with van der Waals surface area (Å²) in [5, 5.41) is 10.8. The SMILES string of the molecule is CCOC(=O)C(O)c1cc(OC)c2oc(C)cc2c1Br. The molecule has 108 valence electrons. The summed E-state index contributed by atoms with van der Waals surface area (Å²) in [5.41, 5.74) is 0.949. The Hall–Kier alpha value is -1.53. The summed E-state index contributed by atoms with van der Waals surface area (Å²) in [6.45, 7) is 3.70. The number of methoxy groups -OCH3 is 1. The van der Waals surface area contributed by atoms with E-state index in [1.807, 2.05) is 13.0 Å². The van der Waals surface area contributed by atoms with Gasteiger partial charge < -0.3 is 19.0 Å². The number of esters is 1. The summed E-state index contributed by atoms with van der Waals surface area (Å²) in [6.07, 6.45) is -1.38. The maximum absolute atomic E-state index is 11.7. The molecule has 0 saturated heterocycles. The number of carbonyl (C=O) groups excluding carboxylic acids is 1. The predicted molar refractivity (Wildman–Crippen MR) is 76.8 cm³/mol. The number of hydrogen-bond donors (Lipinski definition) is 1. The molecule has 1 aromatic carbocycles. The molecule has 0 bridgehead atoms. The summed E-state index contributed by atoms with van der Waals surface area (Å²) in [4.78, 5) is 11.7. The average molecular weight is 343 g/mol. The highest BCUT2D eigenvalue weighted by molar-refractivity contribution is 9.10. The molecular weight excluding hydrogens is 328 g/mol. The molecule has 0 aliphatic heterocycles. The van der Waals surface area contributed by atoms with E-state index in [-0.39, 0.29) is 6.61 Å². The Morgan fingerprint density at radius 3 is 2.80 bits per heavy atom. The second kappa shape index (κ2) is 5.85. The fourth-order valence-corrected chi connectivity index (χ4v) is 2.61. The Morgan fingerprint density at radius 2 is 2.20 bits per heavy atom. The van der Waals surface area contributed by atoms with Gasteiger partial charge in [-0.15, -0.1) is 0 Å². The maximum Gasteiger partial charge on any atom is 0.339 e. The molecule has 0 fully saturated rings. The zero-order valence-electron chi connectivity index (χ0n) is 11.4. The van der Waals surface area contributed by atoms with Gasteiger partial charge in [-0.1, -0.05) is 0 Å². The lowest BCUT2D eigenvalue weighted by Crippen LogP contribution is -2.16. The molecule has 1 atom stereocenters. The third-order valence-corrected chi connectivity index (χ3v) is 3.76. The predicted octanol–water partition coefficient (Wildman–Crippen LogP) is 3.11. The van der Waals surface area contributed by atoms with Gasteiger partial charge in [0.15, 0.2) is 17.4 Å². The van der Waals surface area contributed by atoms with E-state index in [0.29, 0.717) is 27.1 Å². The number of ether oxygens (including phenoxy) is 2. The Morgan fingerprint density at radius 1 is 1.50 bits per heavy atom. The summed E-state index contributed by atoms with van der Waals surface area (Å²) in [5.74, 6) is 0.464. The minimum atomic E-state index is -1.38. The van der Waals surface area contributed by atoms with E-state index in [0.717, 1.165) is 5.39 Å². The number of rotatable bonds is 4. The van der Waals surface area contributed by atoms with Gasteiger partial charge in [0.25, 0.3) is 0 Å². The lowest BCUT2D eigenvalue weighted by Gasteiger charge is -2.13. The summed E-state index contributed by atoms with van der Waals surface area (Å²) in [6, 6.07) is 3.38. The second-order valence-corrected chi connectivity index (χ2v) is 5.03. The number of aliphatic hydroxyl groups excluding tert-OH is 1. The number of halogens is 1. The van der Waals surface area contributed by atoms with Crippen LogP contribution < -0.4 is 4.74 Å². The molecule has 2 rings (SSSR count). The molecule has 0 saturated carbocycles. The first-order valence-corrected chi connectivity index (χ1v) is 6.90. The molecule has 0 aliphatic rings. The van der Waals surface area contributed by atoms with E-state index in [1.54, 1.807) is 13.0 Å². The van der Waals surface area contributed by atoms with Crippen LogP contribution in [0.2, 0.25) is 0 Å². The van der Waals surface area contributed by atoms with Crippen molar-refractivity contribution in [3.05, 3.63) is 27.9 Å². The van der Waals surface area contributed by atoms with Gasteiger partial charge in [0, 0.05) is 15.4 Å². The number of furan rings is 1. The van der Waals surface area contributed by atoms with Crippen LogP contribution >= 0.6 is 15.9 Å². The minimum absolute atomic E-state index is 0.206. The van der Waals surface area contributed by atoms with Crippen molar-refractivity contribution in [1.29, 1.82) is 0 Å². The van der Waals surface area contributed by atoms with Crippen LogP contribution in [0.25, 0.3) is 11.0 Å². The highest BCUT2D eigenvalue weighted by Crippen LogP contribution is 2.39. The number of aryl methyl sites for hydroxylation is 1. The molecule has 5 nitrogen and oxygen atoms in total. The minimum Gasteiger partial charge on any atom is -0.493 e. The van der Waals surface area contributed by atoms with E-state index in [4.69, 9.17) is 13.9 Å². The quantitative estimate of drug-likeness (QED) is 0.864. The molecule has 0 radical (unpaired) electrons. The van der Waals surface area contributed by atoms with Crippen LogP contribution in [0.4, 0.5) is 0 Å². The molecule has 0 amide bonds. The van der Waals surface area contributed by atoms with E-state index >= 15 is 0 Å². The summed E-state index contributed by atoms with van der Waals surface area (Å²) >= 11 is 3.40. The number of fused-ring (bicyclic) bond motifs is 1. The lowest BCUT2D eigenvalue weighted by molar-refractivity contribution is -0.153. The topological polar surface area (TPSA) is 68.9 Å². The van der Waals surface area contributed by atoms with Crippen molar-refractivity contribution in [2.24, 2.45) is 0 Å². The Balaban J connectivity index is 2.59. The van der Waals surface area contributed by atoms with Crippen molar-refractivity contribution in [3.63, 3.8) is 0 Å². The number of benzene rings is 1. The van der Waals surface area contributed by atoms with Gasteiger partial charge in [-0.05, 0) is 41.9 Å². The monoisotopic (exact) mass is 342 g/mol. The third kappa shape index (κ3) is 2.53. The van der Waals surface area contributed by atoms with Gasteiger partial charge in [0.1, 0.15) is 5.76 Å². The fraction of sp³-hybridized carbons (Fsp3) is 0.357. The number of aliphatic hydroxyl groups is 1. The highest BCUT2D eigenvalue weighted by Gasteiger charge is 2.25. The zero-order chi connectivity index (χ0) is 14.9. The molecule has 1 unspecified atom stereocenters. The van der Waals surface area contributed by atoms with Gasteiger partial charge in [0.2, 0.25) is 0 Å². The van der Waals surface area contributed by atoms with E-state index < -0.39 is 12.1 Å². The largest absolute Gasteiger partial charge is 0.493 e. The molecule has 0 spiro atoms. The Labute approximate surface area is 124 Å². The molecule has 2 aromatic rings. The van der Waals surface area contributed by atoms with Gasteiger partial charge in [-0.25, -0.2) is 4.79 Å². The molecule has 1 N–H and O–H groups in total. The van der Waals surface area contributed by atoms with Crippen molar-refractivity contribution in [2.75, 3.05) is 13.7 Å². The molecule has 20 heavy (non-hydrogen) atoms. The Bertz CT molecular complexity index is 647. The average Bonchev–Trinajstić information content (AvgIpc) is 2.81. The Kier molecular flexibility index (Phi) is 4.35. The lowest BCUT2D eigenvalue weighted by atomic mass is 10.1. The van der Waals surface area contributed by atoms with Gasteiger partial charge >= 0.3 is 5.97 Å². The van der Waals surface area contributed by atoms with Crippen LogP contribution in [0.1, 0.15) is 24.4 Å². The van der Waals surface area contributed by atoms with Crippen LogP contribution in [-0.4, -0.2) is 24.8 Å². The van der Waals surface area contributed by atoms with Crippen molar-refractivity contribution < 1.29 is 23.8 Å². The van der Waals surface area contributed by atoms with Crippen LogP contribution in [0.5, 0.6) is 5.75 Å². The third-order valence-electron chi connectivity index (χ3n) is 2.88. The molecular formula is C14H15BrO5. The first kappa shape index (κ1) is 14.9. The van der Waals surface area contributed by atoms with E-state index in [9.17, 15) is 9.90 Å². The molecule has 0 aliphatic carbocycles. The number of carbonyl (C=O) groups is 1. The number of hydrogen-bond acceptors (Lipinski definition) is 5. The first-order valence-electron chi connectivity index (χ1n) is 6.10. The summed E-state index contributed by atoms with van der Waals surface area (Å²) in [7, 11) is 1.50. The first-order chi connectivity index (χ1) is 9.49. The van der Waals surface area contributed by atoms with Crippen LogP contribution in [0.15, 0.2) is 21.0 Å². The molecule has 6 heteroatoms. The van der Waals surface area contributed by atoms with Crippen molar-refractivity contribution in [3.8, 4) is 5.75 Å². The van der Waals surface area contributed by atoms with Gasteiger partial charge in [0.05, 0.1) is 13.7 Å². The highest BCUT2D eigenvalue weighted by atomic mass is 79.9. The van der Waals surface area contributed by atoms with E-state index in [2.05, 4.69) is 15.9 Å². The van der Waals surface area contributed by atoms with Gasteiger partial charge in [-0.3, -0.25) is 0 Å².